The van der Waals surface area contributed by atoms with Crippen molar-refractivity contribution in [2.75, 3.05) is 13.8 Å². The molecule has 136 valence electrons. The summed E-state index contributed by atoms with van der Waals surface area (Å²) in [6, 6.07) is 3.50. The highest BCUT2D eigenvalue weighted by Crippen LogP contribution is 2.41. The molecule has 9 heteroatoms. The number of benzene rings is 1. The third-order valence-corrected chi connectivity index (χ3v) is 4.48. The second kappa shape index (κ2) is 6.62. The van der Waals surface area contributed by atoms with Gasteiger partial charge in [0.2, 0.25) is 12.7 Å². The summed E-state index contributed by atoms with van der Waals surface area (Å²) in [5, 5.41) is 8.19. The molecular formula is C17H17ClN4O4. The Morgan fingerprint density at radius 1 is 1.08 bits per heavy atom. The Kier molecular flexibility index (Phi) is 4.29. The lowest BCUT2D eigenvalue weighted by molar-refractivity contribution is 0.174. The van der Waals surface area contributed by atoms with E-state index < -0.39 is 0 Å². The molecule has 1 aliphatic heterocycles. The Hall–Kier alpha value is -2.58. The molecular weight excluding hydrogens is 360 g/mol. The van der Waals surface area contributed by atoms with Crippen molar-refractivity contribution in [1.82, 2.24) is 20.2 Å². The molecule has 0 saturated carbocycles. The average molecular weight is 377 g/mol. The van der Waals surface area contributed by atoms with E-state index >= 15 is 0 Å². The fourth-order valence-corrected chi connectivity index (χ4v) is 2.97. The van der Waals surface area contributed by atoms with Crippen molar-refractivity contribution in [2.24, 2.45) is 0 Å². The van der Waals surface area contributed by atoms with Crippen molar-refractivity contribution in [3.63, 3.8) is 0 Å². The van der Waals surface area contributed by atoms with Gasteiger partial charge in [-0.25, -0.2) is 9.61 Å². The quantitative estimate of drug-likeness (QED) is 0.670. The molecule has 8 nitrogen and oxygen atoms in total. The van der Waals surface area contributed by atoms with E-state index in [1.165, 1.54) is 0 Å². The number of hydrogen-bond acceptors (Lipinski definition) is 8. The van der Waals surface area contributed by atoms with Gasteiger partial charge in [-0.1, -0.05) is 21.9 Å². The lowest BCUT2D eigenvalue weighted by Crippen LogP contribution is -2.18. The van der Waals surface area contributed by atoms with Gasteiger partial charge >= 0.3 is 0 Å². The number of nitrogens with zero attached hydrogens (tertiary/aromatic N) is 4. The highest BCUT2D eigenvalue weighted by Gasteiger charge is 2.21. The molecule has 2 aromatic heterocycles. The minimum absolute atomic E-state index is 0.187. The van der Waals surface area contributed by atoms with Crippen LogP contribution in [0.15, 0.2) is 21.2 Å². The van der Waals surface area contributed by atoms with Crippen LogP contribution >= 0.6 is 11.6 Å². The molecule has 0 atom stereocenters. The Balaban J connectivity index is 1.55. The molecule has 0 aliphatic carbocycles. The highest BCUT2D eigenvalue weighted by atomic mass is 35.5. The molecule has 1 aliphatic rings. The average Bonchev–Trinajstić information content (AvgIpc) is 3.29. The smallest absolute Gasteiger partial charge is 0.231 e. The lowest BCUT2D eigenvalue weighted by atomic mass is 10.2. The van der Waals surface area contributed by atoms with Gasteiger partial charge in [0.05, 0.1) is 16.3 Å². The standard InChI is InChI=1S/C17H17ClN4O4/c1-9-13(21-26-20-9)6-22(3)7-14-10(2)25-17(19-14)11-4-15-16(5-12(11)18)24-8-23-15/h4-5H,6-8H2,1-3H3. The first-order chi connectivity index (χ1) is 12.5. The molecule has 0 spiro atoms. The fourth-order valence-electron chi connectivity index (χ4n) is 2.73. The zero-order valence-electron chi connectivity index (χ0n) is 14.6. The third-order valence-electron chi connectivity index (χ3n) is 4.17. The van der Waals surface area contributed by atoms with Crippen LogP contribution in [0.4, 0.5) is 0 Å². The molecule has 0 N–H and O–H groups in total. The van der Waals surface area contributed by atoms with Gasteiger partial charge < -0.3 is 13.9 Å². The van der Waals surface area contributed by atoms with Gasteiger partial charge in [-0.15, -0.1) is 0 Å². The summed E-state index contributed by atoms with van der Waals surface area (Å²) in [6.45, 7) is 5.11. The van der Waals surface area contributed by atoms with Gasteiger partial charge in [0.1, 0.15) is 17.1 Å². The van der Waals surface area contributed by atoms with Gasteiger partial charge in [0.15, 0.2) is 11.5 Å². The van der Waals surface area contributed by atoms with Gasteiger partial charge in [-0.05, 0) is 27.0 Å². The number of hydrogen-bond donors (Lipinski definition) is 0. The third kappa shape index (κ3) is 3.13. The van der Waals surface area contributed by atoms with Crippen LogP contribution in [0, 0.1) is 13.8 Å². The maximum Gasteiger partial charge on any atom is 0.231 e. The molecule has 1 aromatic carbocycles. The first-order valence-corrected chi connectivity index (χ1v) is 8.41. The summed E-state index contributed by atoms with van der Waals surface area (Å²) < 4.78 is 21.3. The molecule has 26 heavy (non-hydrogen) atoms. The Bertz CT molecular complexity index is 952. The van der Waals surface area contributed by atoms with E-state index in [1.807, 2.05) is 20.9 Å². The molecule has 0 saturated heterocycles. The van der Waals surface area contributed by atoms with E-state index in [1.54, 1.807) is 12.1 Å². The van der Waals surface area contributed by atoms with Crippen LogP contribution in [-0.4, -0.2) is 34.0 Å². The molecule has 0 radical (unpaired) electrons. The Labute approximate surface area is 154 Å². The fraction of sp³-hybridized carbons (Fsp3) is 0.353. The maximum absolute atomic E-state index is 6.35. The van der Waals surface area contributed by atoms with Gasteiger partial charge in [-0.2, -0.15) is 0 Å². The number of aryl methyl sites for hydroxylation is 2. The summed E-state index contributed by atoms with van der Waals surface area (Å²) in [5.41, 5.74) is 3.07. The van der Waals surface area contributed by atoms with Crippen molar-refractivity contribution in [2.45, 2.75) is 26.9 Å². The van der Waals surface area contributed by atoms with Crippen molar-refractivity contribution in [3.8, 4) is 23.0 Å². The van der Waals surface area contributed by atoms with E-state index in [9.17, 15) is 0 Å². The monoisotopic (exact) mass is 376 g/mol. The zero-order chi connectivity index (χ0) is 18.3. The van der Waals surface area contributed by atoms with Crippen molar-refractivity contribution in [3.05, 3.63) is 40.0 Å². The second-order valence-corrected chi connectivity index (χ2v) is 6.58. The van der Waals surface area contributed by atoms with E-state index in [4.69, 9.17) is 30.1 Å². The summed E-state index contributed by atoms with van der Waals surface area (Å²) >= 11 is 6.35. The maximum atomic E-state index is 6.35. The summed E-state index contributed by atoms with van der Waals surface area (Å²) in [5.74, 6) is 2.44. The molecule has 0 amide bonds. The predicted octanol–water partition coefficient (Wildman–Crippen LogP) is 3.36. The molecule has 4 rings (SSSR count). The van der Waals surface area contributed by atoms with Crippen LogP contribution in [-0.2, 0) is 13.1 Å². The second-order valence-electron chi connectivity index (χ2n) is 6.18. The van der Waals surface area contributed by atoms with Crippen molar-refractivity contribution >= 4 is 11.6 Å². The van der Waals surface area contributed by atoms with Crippen LogP contribution in [0.2, 0.25) is 5.02 Å². The van der Waals surface area contributed by atoms with Gasteiger partial charge in [-0.3, -0.25) is 4.90 Å². The summed E-state index contributed by atoms with van der Waals surface area (Å²) in [6.07, 6.45) is 0. The molecule has 0 unspecified atom stereocenters. The number of rotatable bonds is 5. The van der Waals surface area contributed by atoms with E-state index in [0.29, 0.717) is 41.1 Å². The lowest BCUT2D eigenvalue weighted by Gasteiger charge is -2.13. The summed E-state index contributed by atoms with van der Waals surface area (Å²) in [7, 11) is 1.97. The molecule has 3 aromatic rings. The number of fused-ring (bicyclic) bond motifs is 1. The van der Waals surface area contributed by atoms with Crippen LogP contribution in [0.3, 0.4) is 0 Å². The molecule has 3 heterocycles. The predicted molar refractivity (Wildman–Crippen MR) is 92.0 cm³/mol. The number of aromatic nitrogens is 3. The number of oxazole rings is 1. The first kappa shape index (κ1) is 16.9. The van der Waals surface area contributed by atoms with Crippen LogP contribution in [0.25, 0.3) is 11.5 Å². The minimum Gasteiger partial charge on any atom is -0.454 e. The number of halogens is 1. The van der Waals surface area contributed by atoms with Crippen molar-refractivity contribution in [1.29, 1.82) is 0 Å². The van der Waals surface area contributed by atoms with E-state index in [0.717, 1.165) is 22.8 Å². The Morgan fingerprint density at radius 2 is 1.81 bits per heavy atom. The SMILES string of the molecule is Cc1nonc1CN(C)Cc1nc(-c2cc3c(cc2Cl)OCO3)oc1C. The largest absolute Gasteiger partial charge is 0.454 e. The molecule has 0 bridgehead atoms. The van der Waals surface area contributed by atoms with Crippen LogP contribution in [0.1, 0.15) is 22.8 Å². The van der Waals surface area contributed by atoms with E-state index in [-0.39, 0.29) is 6.79 Å². The summed E-state index contributed by atoms with van der Waals surface area (Å²) in [4.78, 5) is 6.67. The van der Waals surface area contributed by atoms with Gasteiger partial charge in [0.25, 0.3) is 0 Å². The topological polar surface area (TPSA) is 86.7 Å². The number of ether oxygens (including phenoxy) is 2. The normalized spacial score (nSPS) is 13.0. The Morgan fingerprint density at radius 3 is 2.54 bits per heavy atom. The van der Waals surface area contributed by atoms with E-state index in [2.05, 4.69) is 20.2 Å². The van der Waals surface area contributed by atoms with Crippen LogP contribution < -0.4 is 9.47 Å². The molecule has 0 fully saturated rings. The first-order valence-electron chi connectivity index (χ1n) is 8.03. The van der Waals surface area contributed by atoms with Crippen LogP contribution in [0.5, 0.6) is 11.5 Å². The minimum atomic E-state index is 0.187. The van der Waals surface area contributed by atoms with Gasteiger partial charge in [0, 0.05) is 19.2 Å². The van der Waals surface area contributed by atoms with Crippen molar-refractivity contribution < 1.29 is 18.5 Å². The zero-order valence-corrected chi connectivity index (χ0v) is 15.3. The highest BCUT2D eigenvalue weighted by molar-refractivity contribution is 6.33.